The van der Waals surface area contributed by atoms with Crippen molar-refractivity contribution >= 4 is 11.6 Å². The van der Waals surface area contributed by atoms with Crippen molar-refractivity contribution < 1.29 is 14.4 Å². The number of hydrogen-bond donors (Lipinski definition) is 2. The summed E-state index contributed by atoms with van der Waals surface area (Å²) in [6, 6.07) is 6.59. The van der Waals surface area contributed by atoms with Gasteiger partial charge in [0.05, 0.1) is 17.8 Å². The number of carbonyl (C=O) groups excluding carboxylic acids is 1. The molecular weight excluding hydrogens is 232 g/mol. The number of benzene rings is 1. The highest BCUT2D eigenvalue weighted by atomic mass is 16.5. The van der Waals surface area contributed by atoms with Gasteiger partial charge in [-0.15, -0.1) is 0 Å². The molecule has 1 amide bonds. The molecule has 0 aliphatic heterocycles. The second-order valence-corrected chi connectivity index (χ2v) is 4.04. The van der Waals surface area contributed by atoms with Crippen molar-refractivity contribution in [1.29, 1.82) is 0 Å². The number of hydrogen-bond acceptors (Lipinski definition) is 4. The summed E-state index contributed by atoms with van der Waals surface area (Å²) in [6.07, 6.45) is 0.176. The average Bonchev–Trinajstić information content (AvgIpc) is 2.64. The SMILES string of the molecule is Cc1noc(C)c1CC(=O)Nc1ccccc1O. The molecular formula is C13H14N2O3. The lowest BCUT2D eigenvalue weighted by Gasteiger charge is -2.06. The molecule has 1 heterocycles. The van der Waals surface area contributed by atoms with Gasteiger partial charge >= 0.3 is 0 Å². The van der Waals surface area contributed by atoms with E-state index in [9.17, 15) is 9.90 Å². The van der Waals surface area contributed by atoms with Crippen molar-refractivity contribution in [2.45, 2.75) is 20.3 Å². The average molecular weight is 246 g/mol. The number of phenolic OH excluding ortho intramolecular Hbond substituents is 1. The van der Waals surface area contributed by atoms with Crippen molar-refractivity contribution in [1.82, 2.24) is 5.16 Å². The highest BCUT2D eigenvalue weighted by Crippen LogP contribution is 2.22. The molecule has 18 heavy (non-hydrogen) atoms. The van der Waals surface area contributed by atoms with Gasteiger partial charge in [0.25, 0.3) is 0 Å². The smallest absolute Gasteiger partial charge is 0.229 e. The van der Waals surface area contributed by atoms with E-state index < -0.39 is 0 Å². The summed E-state index contributed by atoms with van der Waals surface area (Å²) in [5, 5.41) is 16.0. The summed E-state index contributed by atoms with van der Waals surface area (Å²) in [5.74, 6) is 0.468. The Morgan fingerprint density at radius 3 is 2.72 bits per heavy atom. The van der Waals surface area contributed by atoms with Crippen molar-refractivity contribution in [2.24, 2.45) is 0 Å². The van der Waals surface area contributed by atoms with E-state index in [0.717, 1.165) is 5.56 Å². The number of anilines is 1. The number of aromatic nitrogens is 1. The van der Waals surface area contributed by atoms with Crippen LogP contribution in [0.4, 0.5) is 5.69 Å². The Morgan fingerprint density at radius 2 is 2.11 bits per heavy atom. The van der Waals surface area contributed by atoms with Gasteiger partial charge in [0.15, 0.2) is 0 Å². The van der Waals surface area contributed by atoms with Crippen LogP contribution in [0.25, 0.3) is 0 Å². The van der Waals surface area contributed by atoms with Crippen LogP contribution in [0.2, 0.25) is 0 Å². The molecule has 0 fully saturated rings. The highest BCUT2D eigenvalue weighted by Gasteiger charge is 2.14. The van der Waals surface area contributed by atoms with Crippen LogP contribution in [0.5, 0.6) is 5.75 Å². The van der Waals surface area contributed by atoms with Crippen LogP contribution in [0.1, 0.15) is 17.0 Å². The quantitative estimate of drug-likeness (QED) is 0.814. The molecule has 1 aromatic heterocycles. The third kappa shape index (κ3) is 2.51. The third-order valence-electron chi connectivity index (χ3n) is 2.70. The van der Waals surface area contributed by atoms with Crippen molar-refractivity contribution in [3.63, 3.8) is 0 Å². The van der Waals surface area contributed by atoms with Gasteiger partial charge in [0.2, 0.25) is 5.91 Å². The zero-order valence-corrected chi connectivity index (χ0v) is 10.2. The number of para-hydroxylation sites is 2. The molecule has 0 atom stereocenters. The molecule has 0 unspecified atom stereocenters. The molecule has 94 valence electrons. The van der Waals surface area contributed by atoms with Crippen LogP contribution >= 0.6 is 0 Å². The molecule has 2 N–H and O–H groups in total. The fourth-order valence-electron chi connectivity index (χ4n) is 1.69. The normalized spacial score (nSPS) is 10.3. The van der Waals surface area contributed by atoms with E-state index >= 15 is 0 Å². The number of aromatic hydroxyl groups is 1. The predicted molar refractivity (Wildman–Crippen MR) is 66.4 cm³/mol. The maximum Gasteiger partial charge on any atom is 0.229 e. The summed E-state index contributed by atoms with van der Waals surface area (Å²) in [6.45, 7) is 3.56. The molecule has 0 spiro atoms. The monoisotopic (exact) mass is 246 g/mol. The summed E-state index contributed by atoms with van der Waals surface area (Å²) in [4.78, 5) is 11.8. The van der Waals surface area contributed by atoms with Gasteiger partial charge < -0.3 is 14.9 Å². The highest BCUT2D eigenvalue weighted by molar-refractivity contribution is 5.93. The number of phenols is 1. The predicted octanol–water partition coefficient (Wildman–Crippen LogP) is 2.18. The third-order valence-corrected chi connectivity index (χ3v) is 2.70. The molecule has 5 heteroatoms. The molecule has 1 aromatic carbocycles. The molecule has 0 aliphatic rings. The lowest BCUT2D eigenvalue weighted by molar-refractivity contribution is -0.115. The standard InChI is InChI=1S/C13H14N2O3/c1-8-10(9(2)18-15-8)7-13(17)14-11-5-3-4-6-12(11)16/h3-6,16H,7H2,1-2H3,(H,14,17). The first-order chi connectivity index (χ1) is 8.58. The topological polar surface area (TPSA) is 75.4 Å². The molecule has 0 aliphatic carbocycles. The molecule has 0 saturated carbocycles. The minimum Gasteiger partial charge on any atom is -0.506 e. The van der Waals surface area contributed by atoms with Crippen LogP contribution in [0.15, 0.2) is 28.8 Å². The zero-order valence-electron chi connectivity index (χ0n) is 10.2. The van der Waals surface area contributed by atoms with Gasteiger partial charge in [0.1, 0.15) is 11.5 Å². The van der Waals surface area contributed by atoms with Crippen molar-refractivity contribution in [3.8, 4) is 5.75 Å². The number of amides is 1. The Hall–Kier alpha value is -2.30. The van der Waals surface area contributed by atoms with Gasteiger partial charge in [-0.3, -0.25) is 4.79 Å². The number of nitrogens with one attached hydrogen (secondary N) is 1. The van der Waals surface area contributed by atoms with Crippen LogP contribution in [0, 0.1) is 13.8 Å². The Labute approximate surface area is 104 Å². The van der Waals surface area contributed by atoms with Crippen molar-refractivity contribution in [3.05, 3.63) is 41.3 Å². The van der Waals surface area contributed by atoms with Gasteiger partial charge in [-0.2, -0.15) is 0 Å². The maximum atomic E-state index is 11.8. The van der Waals surface area contributed by atoms with E-state index in [1.165, 1.54) is 6.07 Å². The summed E-state index contributed by atoms with van der Waals surface area (Å²) >= 11 is 0. The molecule has 5 nitrogen and oxygen atoms in total. The van der Waals surface area contributed by atoms with E-state index in [1.807, 2.05) is 0 Å². The maximum absolute atomic E-state index is 11.8. The number of rotatable bonds is 3. The first-order valence-electron chi connectivity index (χ1n) is 5.57. The molecule has 0 radical (unpaired) electrons. The van der Waals surface area contributed by atoms with Gasteiger partial charge in [-0.05, 0) is 26.0 Å². The Bertz CT molecular complexity index is 556. The van der Waals surface area contributed by atoms with E-state index in [-0.39, 0.29) is 18.1 Å². The van der Waals surface area contributed by atoms with Gasteiger partial charge in [0, 0.05) is 5.56 Å². The Morgan fingerprint density at radius 1 is 1.39 bits per heavy atom. The Kier molecular flexibility index (Phi) is 3.32. The fourth-order valence-corrected chi connectivity index (χ4v) is 1.69. The van der Waals surface area contributed by atoms with Crippen LogP contribution < -0.4 is 5.32 Å². The molecule has 2 aromatic rings. The van der Waals surface area contributed by atoms with Gasteiger partial charge in [-0.1, -0.05) is 17.3 Å². The number of nitrogens with zero attached hydrogens (tertiary/aromatic N) is 1. The van der Waals surface area contributed by atoms with E-state index in [4.69, 9.17) is 4.52 Å². The largest absolute Gasteiger partial charge is 0.506 e. The number of aryl methyl sites for hydroxylation is 2. The van der Waals surface area contributed by atoms with Crippen LogP contribution in [-0.2, 0) is 11.2 Å². The first kappa shape index (κ1) is 12.2. The second kappa shape index (κ2) is 4.91. The first-order valence-corrected chi connectivity index (χ1v) is 5.57. The fraction of sp³-hybridized carbons (Fsp3) is 0.231. The van der Waals surface area contributed by atoms with Crippen LogP contribution in [0.3, 0.4) is 0 Å². The summed E-state index contributed by atoms with van der Waals surface area (Å²) in [7, 11) is 0. The second-order valence-electron chi connectivity index (χ2n) is 4.04. The minimum atomic E-state index is -0.217. The van der Waals surface area contributed by atoms with E-state index in [2.05, 4.69) is 10.5 Å². The summed E-state index contributed by atoms with van der Waals surface area (Å²) < 4.78 is 4.99. The zero-order chi connectivity index (χ0) is 13.1. The Balaban J connectivity index is 2.08. The lowest BCUT2D eigenvalue weighted by Crippen LogP contribution is -2.15. The number of carbonyl (C=O) groups is 1. The van der Waals surface area contributed by atoms with Crippen molar-refractivity contribution in [2.75, 3.05) is 5.32 Å². The minimum absolute atomic E-state index is 0.0459. The van der Waals surface area contributed by atoms with Crippen LogP contribution in [-0.4, -0.2) is 16.2 Å². The molecule has 0 bridgehead atoms. The summed E-state index contributed by atoms with van der Waals surface area (Å²) in [5.41, 5.74) is 1.89. The van der Waals surface area contributed by atoms with Gasteiger partial charge in [-0.25, -0.2) is 0 Å². The van der Waals surface area contributed by atoms with E-state index in [0.29, 0.717) is 17.1 Å². The van der Waals surface area contributed by atoms with E-state index in [1.54, 1.807) is 32.0 Å². The molecule has 0 saturated heterocycles. The lowest BCUT2D eigenvalue weighted by atomic mass is 10.1. The molecule has 2 rings (SSSR count).